The smallest absolute Gasteiger partial charge is 0.130 e. The molecule has 0 atom stereocenters. The number of unbranched alkanes of at least 4 members (excludes halogenated alkanes) is 7. The van der Waals surface area contributed by atoms with E-state index in [1.807, 2.05) is 0 Å². The Morgan fingerprint density at radius 2 is 1.41 bits per heavy atom. The molecule has 0 fully saturated rings. The van der Waals surface area contributed by atoms with Crippen molar-refractivity contribution in [3.8, 4) is 11.5 Å². The molecule has 0 saturated carbocycles. The summed E-state index contributed by atoms with van der Waals surface area (Å²) in [5, 5.41) is 3.39. The first kappa shape index (κ1) is 22.1. The summed E-state index contributed by atoms with van der Waals surface area (Å²) in [7, 11) is 0. The van der Waals surface area contributed by atoms with Gasteiger partial charge >= 0.3 is 0 Å². The van der Waals surface area contributed by atoms with E-state index >= 15 is 0 Å². The van der Waals surface area contributed by atoms with Crippen LogP contribution in [0.15, 0.2) is 30.3 Å². The van der Waals surface area contributed by atoms with E-state index in [0.29, 0.717) is 0 Å². The van der Waals surface area contributed by atoms with Gasteiger partial charge in [0.15, 0.2) is 0 Å². The number of benzene rings is 2. The quantitative estimate of drug-likeness (QED) is 0.222. The van der Waals surface area contributed by atoms with E-state index in [2.05, 4.69) is 60.1 Å². The third-order valence-corrected chi connectivity index (χ3v) is 5.48. The molecule has 2 aromatic carbocycles. The van der Waals surface area contributed by atoms with Gasteiger partial charge in [-0.15, -0.1) is 0 Å². The molecule has 0 saturated heterocycles. The molecule has 0 radical (unpaired) electrons. The first-order valence-corrected chi connectivity index (χ1v) is 11.7. The molecule has 0 heterocycles. The van der Waals surface area contributed by atoms with E-state index in [4.69, 9.17) is 9.47 Å². The van der Waals surface area contributed by atoms with Crippen LogP contribution in [0.3, 0.4) is 0 Å². The molecule has 0 unspecified atom stereocenters. The molecule has 150 valence electrons. The Bertz CT molecular complexity index is 669. The average Bonchev–Trinajstić information content (AvgIpc) is 2.69. The normalized spacial score (nSPS) is 11.1. The van der Waals surface area contributed by atoms with Gasteiger partial charge in [0.2, 0.25) is 0 Å². The summed E-state index contributed by atoms with van der Waals surface area (Å²) in [6, 6.07) is 10.6. The van der Waals surface area contributed by atoms with E-state index in [-0.39, 0.29) is 0 Å². The van der Waals surface area contributed by atoms with E-state index in [1.54, 1.807) is 0 Å². The van der Waals surface area contributed by atoms with Crippen LogP contribution in [0.4, 0.5) is 0 Å². The van der Waals surface area contributed by atoms with Gasteiger partial charge in [0.05, 0.1) is 13.2 Å². The van der Waals surface area contributed by atoms with Crippen molar-refractivity contribution in [2.75, 3.05) is 18.5 Å². The zero-order chi connectivity index (χ0) is 19.3. The number of fused-ring (bicyclic) bond motifs is 1. The minimum atomic E-state index is 0.772. The number of alkyl halides is 1. The zero-order valence-electron chi connectivity index (χ0n) is 17.1. The molecule has 27 heavy (non-hydrogen) atoms. The van der Waals surface area contributed by atoms with Crippen molar-refractivity contribution in [2.24, 2.45) is 0 Å². The van der Waals surface area contributed by atoms with Crippen LogP contribution >= 0.6 is 15.9 Å². The highest BCUT2D eigenvalue weighted by Crippen LogP contribution is 2.36. The highest BCUT2D eigenvalue weighted by molar-refractivity contribution is 9.09. The monoisotopic (exact) mass is 434 g/mol. The molecule has 2 aromatic rings. The van der Waals surface area contributed by atoms with Gasteiger partial charge in [0.25, 0.3) is 0 Å². The van der Waals surface area contributed by atoms with Gasteiger partial charge in [-0.2, -0.15) is 0 Å². The third kappa shape index (κ3) is 7.37. The summed E-state index contributed by atoms with van der Waals surface area (Å²) < 4.78 is 12.3. The summed E-state index contributed by atoms with van der Waals surface area (Å²) >= 11 is 3.48. The molecular weight excluding hydrogens is 400 g/mol. The Morgan fingerprint density at radius 3 is 2.15 bits per heavy atom. The van der Waals surface area contributed by atoms with Gasteiger partial charge in [-0.1, -0.05) is 79.2 Å². The minimum Gasteiger partial charge on any atom is -0.493 e. The average molecular weight is 435 g/mol. The number of hydrogen-bond donors (Lipinski definition) is 0. The lowest BCUT2D eigenvalue weighted by molar-refractivity contribution is 0.300. The largest absolute Gasteiger partial charge is 0.493 e. The second kappa shape index (κ2) is 13.0. The lowest BCUT2D eigenvalue weighted by atomic mass is 10.0. The molecule has 0 aliphatic heterocycles. The molecular formula is C24H35BrO2. The van der Waals surface area contributed by atoms with Crippen LogP contribution in [0.1, 0.15) is 70.3 Å². The number of halogens is 1. The Balaban J connectivity index is 1.97. The van der Waals surface area contributed by atoms with Gasteiger partial charge in [-0.3, -0.25) is 0 Å². The number of rotatable bonds is 14. The fourth-order valence-corrected chi connectivity index (χ4v) is 3.77. The molecule has 0 aliphatic rings. The second-order valence-electron chi connectivity index (χ2n) is 7.28. The molecule has 3 heteroatoms. The van der Waals surface area contributed by atoms with Gasteiger partial charge < -0.3 is 9.47 Å². The second-order valence-corrected chi connectivity index (χ2v) is 8.07. The molecule has 2 nitrogen and oxygen atoms in total. The third-order valence-electron chi connectivity index (χ3n) is 4.92. The maximum atomic E-state index is 6.21. The fraction of sp³-hybridized carbons (Fsp3) is 0.583. The summed E-state index contributed by atoms with van der Waals surface area (Å²) in [4.78, 5) is 0. The topological polar surface area (TPSA) is 18.5 Å². The van der Waals surface area contributed by atoms with E-state index in [0.717, 1.165) is 53.8 Å². The molecule has 0 aliphatic carbocycles. The van der Waals surface area contributed by atoms with Gasteiger partial charge in [-0.25, -0.2) is 0 Å². The molecule has 0 N–H and O–H groups in total. The first-order valence-electron chi connectivity index (χ1n) is 10.6. The van der Waals surface area contributed by atoms with Gasteiger partial charge in [-0.05, 0) is 44.2 Å². The van der Waals surface area contributed by atoms with Gasteiger partial charge in [0, 0.05) is 16.1 Å². The van der Waals surface area contributed by atoms with Crippen molar-refractivity contribution in [3.05, 3.63) is 35.9 Å². The van der Waals surface area contributed by atoms with Crippen LogP contribution < -0.4 is 9.47 Å². The highest BCUT2D eigenvalue weighted by Gasteiger charge is 2.11. The molecule has 0 amide bonds. The number of aryl methyl sites for hydroxylation is 1. The Morgan fingerprint density at radius 1 is 0.778 bits per heavy atom. The lowest BCUT2D eigenvalue weighted by Crippen LogP contribution is -2.02. The van der Waals surface area contributed by atoms with Crippen molar-refractivity contribution in [1.29, 1.82) is 0 Å². The van der Waals surface area contributed by atoms with Gasteiger partial charge in [0.1, 0.15) is 11.5 Å². The Labute approximate surface area is 173 Å². The molecule has 0 aromatic heterocycles. The highest BCUT2D eigenvalue weighted by atomic mass is 79.9. The lowest BCUT2D eigenvalue weighted by Gasteiger charge is -2.16. The molecule has 2 rings (SSSR count). The number of ether oxygens (including phenoxy) is 2. The van der Waals surface area contributed by atoms with Crippen LogP contribution in [0.5, 0.6) is 11.5 Å². The van der Waals surface area contributed by atoms with Crippen LogP contribution in [-0.4, -0.2) is 18.5 Å². The standard InChI is InChI=1S/C24H35BrO2/c1-3-4-5-6-7-12-18-27-24-20(2)19-23(26-17-13-8-11-16-25)21-14-9-10-15-22(21)24/h9-10,14-15,19H,3-8,11-13,16-18H2,1-2H3. The van der Waals surface area contributed by atoms with Crippen LogP contribution in [0, 0.1) is 6.92 Å². The van der Waals surface area contributed by atoms with Crippen molar-refractivity contribution >= 4 is 26.7 Å². The van der Waals surface area contributed by atoms with Crippen LogP contribution in [-0.2, 0) is 0 Å². The van der Waals surface area contributed by atoms with E-state index in [1.165, 1.54) is 50.3 Å². The predicted octanol–water partition coefficient (Wildman–Crippen LogP) is 7.83. The Kier molecular flexibility index (Phi) is 10.7. The Hall–Kier alpha value is -1.22. The summed E-state index contributed by atoms with van der Waals surface area (Å²) in [5.74, 6) is 2.00. The van der Waals surface area contributed by atoms with Crippen molar-refractivity contribution < 1.29 is 9.47 Å². The van der Waals surface area contributed by atoms with Crippen LogP contribution in [0.2, 0.25) is 0 Å². The first-order chi connectivity index (χ1) is 13.3. The molecule has 0 bridgehead atoms. The van der Waals surface area contributed by atoms with E-state index < -0.39 is 0 Å². The predicted molar refractivity (Wildman–Crippen MR) is 121 cm³/mol. The minimum absolute atomic E-state index is 0.772. The van der Waals surface area contributed by atoms with Crippen LogP contribution in [0.25, 0.3) is 10.8 Å². The maximum absolute atomic E-state index is 6.21. The van der Waals surface area contributed by atoms with E-state index in [9.17, 15) is 0 Å². The van der Waals surface area contributed by atoms with Crippen molar-refractivity contribution in [2.45, 2.75) is 71.6 Å². The van der Waals surface area contributed by atoms with Crippen molar-refractivity contribution in [3.63, 3.8) is 0 Å². The van der Waals surface area contributed by atoms with Crippen molar-refractivity contribution in [1.82, 2.24) is 0 Å². The molecule has 0 spiro atoms. The number of hydrogen-bond acceptors (Lipinski definition) is 2. The fourth-order valence-electron chi connectivity index (χ4n) is 3.37. The SMILES string of the molecule is CCCCCCCCOc1c(C)cc(OCCCCCBr)c2ccccc12. The zero-order valence-corrected chi connectivity index (χ0v) is 18.7. The summed E-state index contributed by atoms with van der Waals surface area (Å²) in [6.45, 7) is 5.95. The summed E-state index contributed by atoms with van der Waals surface area (Å²) in [6.07, 6.45) is 11.2. The summed E-state index contributed by atoms with van der Waals surface area (Å²) in [5.41, 5.74) is 1.16. The maximum Gasteiger partial charge on any atom is 0.130 e.